The van der Waals surface area contributed by atoms with Crippen LogP contribution in [0, 0.1) is 5.41 Å². The summed E-state index contributed by atoms with van der Waals surface area (Å²) in [6.07, 6.45) is 3.13. The van der Waals surface area contributed by atoms with Crippen molar-refractivity contribution in [3.63, 3.8) is 0 Å². The van der Waals surface area contributed by atoms with Gasteiger partial charge in [0.1, 0.15) is 0 Å². The summed E-state index contributed by atoms with van der Waals surface area (Å²) in [4.78, 5) is 25.6. The van der Waals surface area contributed by atoms with Gasteiger partial charge >= 0.3 is 0 Å². The molecule has 1 N–H and O–H groups in total. The Morgan fingerprint density at radius 2 is 1.95 bits per heavy atom. The van der Waals surface area contributed by atoms with Gasteiger partial charge in [-0.25, -0.2) is 0 Å². The second kappa shape index (κ2) is 5.11. The highest BCUT2D eigenvalue weighted by molar-refractivity contribution is 6.06. The number of hydrogen-bond acceptors (Lipinski definition) is 3. The predicted molar refractivity (Wildman–Crippen MR) is 82.0 cm³/mol. The zero-order chi connectivity index (χ0) is 15.8. The molecule has 0 saturated carbocycles. The molecule has 0 saturated heterocycles. The Hall–Kier alpha value is -1.94. The van der Waals surface area contributed by atoms with Gasteiger partial charge in [-0.3, -0.25) is 9.59 Å². The Bertz CT molecular complexity index is 613. The smallest absolute Gasteiger partial charge is 0.263 e. The van der Waals surface area contributed by atoms with Crippen LogP contribution in [0.15, 0.2) is 36.4 Å². The molecule has 2 rings (SSSR count). The number of ketones is 1. The lowest BCUT2D eigenvalue weighted by Crippen LogP contribution is -2.38. The molecule has 0 aromatic heterocycles. The maximum atomic E-state index is 12.3. The number of carbonyl (C=O) groups excluding carboxylic acids is 2. The molecule has 0 bridgehead atoms. The van der Waals surface area contributed by atoms with Crippen molar-refractivity contribution in [3.05, 3.63) is 42.0 Å². The van der Waals surface area contributed by atoms with Crippen LogP contribution in [-0.4, -0.2) is 23.8 Å². The van der Waals surface area contributed by atoms with Gasteiger partial charge in [0.05, 0.1) is 5.69 Å². The minimum Gasteiger partial charge on any atom is -0.375 e. The van der Waals surface area contributed by atoms with Crippen LogP contribution in [0.3, 0.4) is 0 Å². The lowest BCUT2D eigenvalue weighted by molar-refractivity contribution is -0.135. The van der Waals surface area contributed by atoms with Crippen LogP contribution in [0.2, 0.25) is 0 Å². The van der Waals surface area contributed by atoms with Gasteiger partial charge in [-0.2, -0.15) is 0 Å². The van der Waals surface area contributed by atoms with Gasteiger partial charge in [-0.05, 0) is 12.1 Å². The molecule has 1 aliphatic rings. The van der Waals surface area contributed by atoms with Gasteiger partial charge in [-0.15, -0.1) is 0 Å². The van der Waals surface area contributed by atoms with E-state index in [4.69, 9.17) is 0 Å². The topological polar surface area (TPSA) is 57.6 Å². The van der Waals surface area contributed by atoms with Crippen molar-refractivity contribution in [2.24, 2.45) is 5.41 Å². The highest BCUT2D eigenvalue weighted by atomic mass is 16.3. The summed E-state index contributed by atoms with van der Waals surface area (Å²) in [5.41, 5.74) is -0.751. The van der Waals surface area contributed by atoms with Gasteiger partial charge in [0, 0.05) is 24.4 Å². The summed E-state index contributed by atoms with van der Waals surface area (Å²) in [5.74, 6) is -0.394. The quantitative estimate of drug-likeness (QED) is 0.869. The molecule has 1 atom stereocenters. The van der Waals surface area contributed by atoms with Crippen molar-refractivity contribution in [1.29, 1.82) is 0 Å². The van der Waals surface area contributed by atoms with Crippen LogP contribution < -0.4 is 4.90 Å². The lowest BCUT2D eigenvalue weighted by Gasteiger charge is -2.20. The fourth-order valence-electron chi connectivity index (χ4n) is 2.40. The number of allylic oxidation sites excluding steroid dienone is 1. The largest absolute Gasteiger partial charge is 0.375 e. The summed E-state index contributed by atoms with van der Waals surface area (Å²) in [6, 6.07) is 7.17. The number of rotatable bonds is 3. The number of carbonyl (C=O) groups is 2. The highest BCUT2D eigenvalue weighted by Crippen LogP contribution is 2.41. The van der Waals surface area contributed by atoms with E-state index >= 15 is 0 Å². The Kier molecular flexibility index (Phi) is 3.76. The first-order valence-electron chi connectivity index (χ1n) is 6.99. The van der Waals surface area contributed by atoms with E-state index in [0.29, 0.717) is 11.3 Å². The molecule has 1 heterocycles. The van der Waals surface area contributed by atoms with E-state index in [1.165, 1.54) is 11.0 Å². The molecule has 21 heavy (non-hydrogen) atoms. The molecule has 0 aliphatic carbocycles. The minimum absolute atomic E-state index is 0.0295. The molecule has 0 spiro atoms. The fourth-order valence-corrected chi connectivity index (χ4v) is 2.40. The maximum Gasteiger partial charge on any atom is 0.263 e. The van der Waals surface area contributed by atoms with Gasteiger partial charge in [0.15, 0.2) is 11.4 Å². The monoisotopic (exact) mass is 287 g/mol. The van der Waals surface area contributed by atoms with Crippen LogP contribution in [-0.2, 0) is 15.2 Å². The van der Waals surface area contributed by atoms with Crippen LogP contribution in [0.1, 0.15) is 32.8 Å². The SMILES string of the molecule is CN1C(=O)[C@@](O)(C/C=C/C(=O)C(C)(C)C)c2ccccc21. The van der Waals surface area contributed by atoms with Crippen molar-refractivity contribution < 1.29 is 14.7 Å². The summed E-state index contributed by atoms with van der Waals surface area (Å²) < 4.78 is 0. The first-order valence-corrected chi connectivity index (χ1v) is 6.99. The third kappa shape index (κ3) is 2.63. The zero-order valence-corrected chi connectivity index (χ0v) is 12.9. The second-order valence-corrected chi connectivity index (χ2v) is 6.46. The van der Waals surface area contributed by atoms with Crippen LogP contribution in [0.25, 0.3) is 0 Å². The number of amides is 1. The number of anilines is 1. The lowest BCUT2D eigenvalue weighted by atomic mass is 9.88. The molecule has 112 valence electrons. The average Bonchev–Trinajstić information content (AvgIpc) is 2.61. The van der Waals surface area contributed by atoms with E-state index in [-0.39, 0.29) is 18.1 Å². The first-order chi connectivity index (χ1) is 9.68. The molecular formula is C17H21NO3. The molecule has 1 aromatic carbocycles. The fraction of sp³-hybridized carbons (Fsp3) is 0.412. The first kappa shape index (κ1) is 15.4. The van der Waals surface area contributed by atoms with Crippen molar-refractivity contribution in [2.75, 3.05) is 11.9 Å². The van der Waals surface area contributed by atoms with E-state index in [0.717, 1.165) is 0 Å². The molecule has 4 nitrogen and oxygen atoms in total. The molecular weight excluding hydrogens is 266 g/mol. The van der Waals surface area contributed by atoms with Crippen LogP contribution in [0.5, 0.6) is 0 Å². The highest BCUT2D eigenvalue weighted by Gasteiger charge is 2.47. The minimum atomic E-state index is -1.58. The maximum absolute atomic E-state index is 12.3. The number of hydrogen-bond donors (Lipinski definition) is 1. The third-order valence-electron chi connectivity index (χ3n) is 3.79. The van der Waals surface area contributed by atoms with Crippen molar-refractivity contribution in [1.82, 2.24) is 0 Å². The molecule has 0 fully saturated rings. The zero-order valence-electron chi connectivity index (χ0n) is 12.9. The van der Waals surface area contributed by atoms with Gasteiger partial charge in [-0.1, -0.05) is 45.0 Å². The standard InChI is InChI=1S/C17H21NO3/c1-16(2,3)14(19)10-7-11-17(21)12-8-5-6-9-13(12)18(4)15(17)20/h5-10,21H,11H2,1-4H3/b10-7+/t17-/m1/s1. The van der Waals surface area contributed by atoms with Crippen molar-refractivity contribution in [3.8, 4) is 0 Å². The van der Waals surface area contributed by atoms with E-state index in [2.05, 4.69) is 0 Å². The summed E-state index contributed by atoms with van der Waals surface area (Å²) in [5, 5.41) is 10.7. The molecule has 1 aliphatic heterocycles. The van der Waals surface area contributed by atoms with Gasteiger partial charge < -0.3 is 10.0 Å². The second-order valence-electron chi connectivity index (χ2n) is 6.46. The Morgan fingerprint density at radius 3 is 2.57 bits per heavy atom. The van der Waals surface area contributed by atoms with E-state index in [1.807, 2.05) is 26.8 Å². The average molecular weight is 287 g/mol. The van der Waals surface area contributed by atoms with Gasteiger partial charge in [0.2, 0.25) is 0 Å². The molecule has 4 heteroatoms. The number of benzene rings is 1. The molecule has 1 amide bonds. The Labute approximate surface area is 125 Å². The summed E-state index contributed by atoms with van der Waals surface area (Å²) in [6.45, 7) is 5.49. The normalized spacial score (nSPS) is 22.0. The molecule has 0 radical (unpaired) electrons. The van der Waals surface area contributed by atoms with Gasteiger partial charge in [0.25, 0.3) is 5.91 Å². The number of aliphatic hydroxyl groups is 1. The summed E-state index contributed by atoms with van der Waals surface area (Å²) in [7, 11) is 1.64. The third-order valence-corrected chi connectivity index (χ3v) is 3.79. The summed E-state index contributed by atoms with van der Waals surface area (Å²) >= 11 is 0. The number of fused-ring (bicyclic) bond motifs is 1. The molecule has 1 aromatic rings. The van der Waals surface area contributed by atoms with Crippen LogP contribution >= 0.6 is 0 Å². The number of likely N-dealkylation sites (N-methyl/N-ethyl adjacent to an activating group) is 1. The van der Waals surface area contributed by atoms with Crippen molar-refractivity contribution in [2.45, 2.75) is 32.8 Å². The van der Waals surface area contributed by atoms with Crippen molar-refractivity contribution >= 4 is 17.4 Å². The van der Waals surface area contributed by atoms with E-state index in [9.17, 15) is 14.7 Å². The predicted octanol–water partition coefficient (Wildman–Crippen LogP) is 2.41. The van der Waals surface area contributed by atoms with E-state index < -0.39 is 11.0 Å². The van der Waals surface area contributed by atoms with E-state index in [1.54, 1.807) is 31.3 Å². The number of para-hydroxylation sites is 1. The Balaban J connectivity index is 2.26. The molecule has 0 unspecified atom stereocenters. The van der Waals surface area contributed by atoms with Crippen LogP contribution in [0.4, 0.5) is 5.69 Å². The Morgan fingerprint density at radius 1 is 1.33 bits per heavy atom. The number of nitrogens with zero attached hydrogens (tertiary/aromatic N) is 1.